The molecule has 0 aliphatic carbocycles. The number of methoxy groups -OCH3 is 1. The van der Waals surface area contributed by atoms with E-state index in [0.29, 0.717) is 16.2 Å². The largest absolute Gasteiger partial charge is 0.504 e. The number of H-pyrrole nitrogens is 1. The highest BCUT2D eigenvalue weighted by molar-refractivity contribution is 7.92. The van der Waals surface area contributed by atoms with E-state index < -0.39 is 20.5 Å². The summed E-state index contributed by atoms with van der Waals surface area (Å²) >= 11 is 1.25. The molecular formula is C15H11F3N2O3S2. The molecule has 0 radical (unpaired) electrons. The molecule has 2 aromatic heterocycles. The molecule has 0 unspecified atom stereocenters. The molecular weight excluding hydrogens is 377 g/mol. The van der Waals surface area contributed by atoms with Crippen LogP contribution in [0.1, 0.15) is 0 Å². The van der Waals surface area contributed by atoms with Gasteiger partial charge in [-0.3, -0.25) is 0 Å². The van der Waals surface area contributed by atoms with Crippen LogP contribution in [0, 0.1) is 0 Å². The SMILES string of the molecule is COc1ccc(-c2nc(S(=O)(=O)C(F)(F)F)[nH]c2-c2cccs2)cc1. The number of aromatic nitrogens is 2. The van der Waals surface area contributed by atoms with Crippen molar-refractivity contribution in [3.63, 3.8) is 0 Å². The number of sulfone groups is 1. The highest BCUT2D eigenvalue weighted by Crippen LogP contribution is 2.37. The first-order valence-corrected chi connectivity index (χ1v) is 9.20. The number of nitrogens with zero attached hydrogens (tertiary/aromatic N) is 1. The number of rotatable bonds is 4. The van der Waals surface area contributed by atoms with Gasteiger partial charge in [0.2, 0.25) is 5.16 Å². The Hall–Kier alpha value is -2.33. The third kappa shape index (κ3) is 3.14. The molecule has 1 aromatic carbocycles. The quantitative estimate of drug-likeness (QED) is 0.730. The molecule has 0 fully saturated rings. The Morgan fingerprint density at radius 1 is 1.16 bits per heavy atom. The molecule has 0 bridgehead atoms. The lowest BCUT2D eigenvalue weighted by Crippen LogP contribution is -2.24. The van der Waals surface area contributed by atoms with Gasteiger partial charge in [-0.05, 0) is 35.7 Å². The zero-order valence-electron chi connectivity index (χ0n) is 12.7. The maximum absolute atomic E-state index is 12.8. The van der Waals surface area contributed by atoms with Crippen LogP contribution in [0.5, 0.6) is 5.75 Å². The van der Waals surface area contributed by atoms with Crippen LogP contribution < -0.4 is 4.74 Å². The van der Waals surface area contributed by atoms with Crippen molar-refractivity contribution in [2.45, 2.75) is 10.7 Å². The predicted octanol–water partition coefficient (Wildman–Crippen LogP) is 4.11. The van der Waals surface area contributed by atoms with Crippen molar-refractivity contribution in [1.29, 1.82) is 0 Å². The molecule has 1 N–H and O–H groups in total. The number of aromatic amines is 1. The smallest absolute Gasteiger partial charge is 0.497 e. The Morgan fingerprint density at radius 2 is 1.84 bits per heavy atom. The number of hydrogen-bond acceptors (Lipinski definition) is 5. The van der Waals surface area contributed by atoms with E-state index in [-0.39, 0.29) is 11.4 Å². The zero-order valence-corrected chi connectivity index (χ0v) is 14.3. The average Bonchev–Trinajstić information content (AvgIpc) is 3.23. The number of nitrogens with one attached hydrogen (secondary N) is 1. The molecule has 2 heterocycles. The Morgan fingerprint density at radius 3 is 2.36 bits per heavy atom. The fraction of sp³-hybridized carbons (Fsp3) is 0.133. The lowest BCUT2D eigenvalue weighted by Gasteiger charge is -2.04. The highest BCUT2D eigenvalue weighted by atomic mass is 32.2. The van der Waals surface area contributed by atoms with Gasteiger partial charge in [-0.1, -0.05) is 6.07 Å². The van der Waals surface area contributed by atoms with Crippen LogP contribution in [0.25, 0.3) is 21.8 Å². The van der Waals surface area contributed by atoms with Crippen LogP contribution in [-0.4, -0.2) is 31.0 Å². The van der Waals surface area contributed by atoms with Crippen LogP contribution in [-0.2, 0) is 9.84 Å². The third-order valence-corrected chi connectivity index (χ3v) is 5.57. The first kappa shape index (κ1) is 17.5. The second-order valence-corrected chi connectivity index (χ2v) is 7.72. The van der Waals surface area contributed by atoms with Crippen LogP contribution >= 0.6 is 11.3 Å². The molecule has 0 aliphatic heterocycles. The average molecular weight is 388 g/mol. The van der Waals surface area contributed by atoms with E-state index in [0.717, 1.165) is 0 Å². The van der Waals surface area contributed by atoms with E-state index in [9.17, 15) is 21.6 Å². The van der Waals surface area contributed by atoms with E-state index in [1.54, 1.807) is 41.8 Å². The minimum atomic E-state index is -5.58. The molecule has 10 heteroatoms. The van der Waals surface area contributed by atoms with Crippen LogP contribution in [0.3, 0.4) is 0 Å². The molecule has 132 valence electrons. The summed E-state index contributed by atoms with van der Waals surface area (Å²) in [5, 5.41) is 0.598. The normalized spacial score (nSPS) is 12.3. The number of halogens is 3. The van der Waals surface area contributed by atoms with Gasteiger partial charge in [-0.2, -0.15) is 13.2 Å². The van der Waals surface area contributed by atoms with Crippen LogP contribution in [0.15, 0.2) is 46.9 Å². The monoisotopic (exact) mass is 388 g/mol. The Labute approximate surface area is 145 Å². The van der Waals surface area contributed by atoms with Crippen molar-refractivity contribution in [2.75, 3.05) is 7.11 Å². The number of ether oxygens (including phenoxy) is 1. The molecule has 0 saturated heterocycles. The standard InChI is InChI=1S/C15H11F3N2O3S2/c1-23-10-6-4-9(5-7-10)12-13(11-3-2-8-24-11)20-14(19-12)25(21,22)15(16,17)18/h2-8H,1H3,(H,19,20). The predicted molar refractivity (Wildman–Crippen MR) is 87.1 cm³/mol. The van der Waals surface area contributed by atoms with Gasteiger partial charge < -0.3 is 9.72 Å². The van der Waals surface area contributed by atoms with E-state index >= 15 is 0 Å². The van der Waals surface area contributed by atoms with Gasteiger partial charge in [-0.15, -0.1) is 11.3 Å². The summed E-state index contributed by atoms with van der Waals surface area (Å²) in [4.78, 5) is 6.62. The first-order chi connectivity index (χ1) is 11.7. The van der Waals surface area contributed by atoms with Crippen LogP contribution in [0.4, 0.5) is 13.2 Å². The summed E-state index contributed by atoms with van der Waals surface area (Å²) in [6.45, 7) is 0. The van der Waals surface area contributed by atoms with Gasteiger partial charge in [0.1, 0.15) is 5.75 Å². The number of alkyl halides is 3. The zero-order chi connectivity index (χ0) is 18.2. The topological polar surface area (TPSA) is 72.0 Å². The van der Waals surface area contributed by atoms with E-state index in [2.05, 4.69) is 9.97 Å². The number of benzene rings is 1. The van der Waals surface area contributed by atoms with Gasteiger partial charge in [0.25, 0.3) is 0 Å². The van der Waals surface area contributed by atoms with E-state index in [1.807, 2.05) is 0 Å². The first-order valence-electron chi connectivity index (χ1n) is 6.83. The molecule has 0 aliphatic rings. The fourth-order valence-corrected chi connectivity index (χ4v) is 3.54. The van der Waals surface area contributed by atoms with Gasteiger partial charge in [0, 0.05) is 5.56 Å². The number of hydrogen-bond donors (Lipinski definition) is 1. The Kier molecular flexibility index (Phi) is 4.33. The summed E-state index contributed by atoms with van der Waals surface area (Å²) in [6, 6.07) is 9.78. The van der Waals surface area contributed by atoms with Crippen molar-refractivity contribution < 1.29 is 26.3 Å². The molecule has 25 heavy (non-hydrogen) atoms. The molecule has 5 nitrogen and oxygen atoms in total. The molecule has 0 saturated carbocycles. The van der Waals surface area contributed by atoms with Crippen LogP contribution in [0.2, 0.25) is 0 Å². The van der Waals surface area contributed by atoms with E-state index in [4.69, 9.17) is 4.74 Å². The molecule has 0 atom stereocenters. The maximum atomic E-state index is 12.8. The van der Waals surface area contributed by atoms with Crippen molar-refractivity contribution in [2.24, 2.45) is 0 Å². The molecule has 0 spiro atoms. The van der Waals surface area contributed by atoms with Gasteiger partial charge in [0.05, 0.1) is 23.4 Å². The Balaban J connectivity index is 2.20. The van der Waals surface area contributed by atoms with Crippen molar-refractivity contribution in [3.8, 4) is 27.6 Å². The van der Waals surface area contributed by atoms with Gasteiger partial charge >= 0.3 is 15.3 Å². The summed E-state index contributed by atoms with van der Waals surface area (Å²) in [5.74, 6) is 0.556. The Bertz CT molecular complexity index is 976. The van der Waals surface area contributed by atoms with Crippen molar-refractivity contribution in [3.05, 3.63) is 41.8 Å². The lowest BCUT2D eigenvalue weighted by atomic mass is 10.1. The van der Waals surface area contributed by atoms with Crippen molar-refractivity contribution in [1.82, 2.24) is 9.97 Å². The van der Waals surface area contributed by atoms with E-state index in [1.165, 1.54) is 18.4 Å². The minimum Gasteiger partial charge on any atom is -0.497 e. The molecule has 3 aromatic rings. The fourth-order valence-electron chi connectivity index (χ4n) is 2.15. The highest BCUT2D eigenvalue weighted by Gasteiger charge is 2.49. The van der Waals surface area contributed by atoms with Crippen molar-refractivity contribution >= 4 is 21.2 Å². The second kappa shape index (κ2) is 6.19. The molecule has 0 amide bonds. The maximum Gasteiger partial charge on any atom is 0.504 e. The number of imidazole rings is 1. The summed E-state index contributed by atoms with van der Waals surface area (Å²) in [5.41, 5.74) is -4.64. The van der Waals surface area contributed by atoms with Gasteiger partial charge in [0.15, 0.2) is 0 Å². The lowest BCUT2D eigenvalue weighted by molar-refractivity contribution is -0.0439. The second-order valence-electron chi connectivity index (χ2n) is 4.92. The third-order valence-electron chi connectivity index (χ3n) is 3.37. The minimum absolute atomic E-state index is 0.118. The summed E-state index contributed by atoms with van der Waals surface area (Å²) in [6.07, 6.45) is 0. The van der Waals surface area contributed by atoms with Gasteiger partial charge in [-0.25, -0.2) is 13.4 Å². The molecule has 3 rings (SSSR count). The number of thiophene rings is 1. The summed E-state index contributed by atoms with van der Waals surface area (Å²) < 4.78 is 66.9. The summed E-state index contributed by atoms with van der Waals surface area (Å²) in [7, 11) is -4.10.